The first-order valence-electron chi connectivity index (χ1n) is 7.08. The third-order valence-electron chi connectivity index (χ3n) is 3.91. The van der Waals surface area contributed by atoms with E-state index in [4.69, 9.17) is 0 Å². The largest absolute Gasteiger partial charge is 0.392 e. The maximum Gasteiger partial charge on any atom is 0.228 e. The molecule has 2 fully saturated rings. The Morgan fingerprint density at radius 3 is 2.22 bits per heavy atom. The topological polar surface area (TPSA) is 43.8 Å². The standard InChI is InChI=1S/C14H26N2O2/c1-14(2,3)13(18)16-8-6-15(7-9-16)10-12(17)11-4-5-11/h11-12,17H,4-10H2,1-3H3. The highest BCUT2D eigenvalue weighted by atomic mass is 16.3. The molecule has 1 aliphatic carbocycles. The average Bonchev–Trinajstić information content (AvgIpc) is 3.11. The molecule has 2 rings (SSSR count). The third kappa shape index (κ3) is 3.45. The van der Waals surface area contributed by atoms with Crippen molar-refractivity contribution in [2.24, 2.45) is 11.3 Å². The van der Waals surface area contributed by atoms with Gasteiger partial charge >= 0.3 is 0 Å². The van der Waals surface area contributed by atoms with Gasteiger partial charge in [0.05, 0.1) is 6.10 Å². The summed E-state index contributed by atoms with van der Waals surface area (Å²) in [6.07, 6.45) is 2.21. The minimum absolute atomic E-state index is 0.158. The number of piperazine rings is 1. The van der Waals surface area contributed by atoms with Crippen LogP contribution in [0.5, 0.6) is 0 Å². The fourth-order valence-corrected chi connectivity index (χ4v) is 2.50. The lowest BCUT2D eigenvalue weighted by Gasteiger charge is -2.38. The maximum absolute atomic E-state index is 12.1. The monoisotopic (exact) mass is 254 g/mol. The van der Waals surface area contributed by atoms with Crippen LogP contribution in [0, 0.1) is 11.3 Å². The lowest BCUT2D eigenvalue weighted by Crippen LogP contribution is -2.53. The Bertz CT molecular complexity index is 299. The van der Waals surface area contributed by atoms with Gasteiger partial charge in [-0.2, -0.15) is 0 Å². The van der Waals surface area contributed by atoms with Gasteiger partial charge in [-0.05, 0) is 18.8 Å². The molecule has 0 aromatic rings. The van der Waals surface area contributed by atoms with Gasteiger partial charge in [-0.15, -0.1) is 0 Å². The Labute approximate surface area is 110 Å². The molecule has 1 unspecified atom stereocenters. The van der Waals surface area contributed by atoms with Crippen molar-refractivity contribution in [1.29, 1.82) is 0 Å². The van der Waals surface area contributed by atoms with Crippen LogP contribution in [0.3, 0.4) is 0 Å². The Balaban J connectivity index is 1.75. The third-order valence-corrected chi connectivity index (χ3v) is 3.91. The molecule has 4 heteroatoms. The van der Waals surface area contributed by atoms with E-state index in [9.17, 15) is 9.90 Å². The molecule has 0 aromatic heterocycles. The van der Waals surface area contributed by atoms with E-state index < -0.39 is 0 Å². The predicted molar refractivity (Wildman–Crippen MR) is 71.2 cm³/mol. The van der Waals surface area contributed by atoms with Gasteiger partial charge in [-0.1, -0.05) is 20.8 Å². The summed E-state index contributed by atoms with van der Waals surface area (Å²) in [5.74, 6) is 0.782. The second-order valence-electron chi connectivity index (χ2n) is 6.75. The molecule has 2 aliphatic rings. The number of β-amino-alcohol motifs (C(OH)–C–C–N with tert-alkyl or cyclic N) is 1. The Morgan fingerprint density at radius 1 is 1.22 bits per heavy atom. The zero-order valence-corrected chi connectivity index (χ0v) is 11.9. The molecule has 104 valence electrons. The van der Waals surface area contributed by atoms with Crippen molar-refractivity contribution in [3.05, 3.63) is 0 Å². The fourth-order valence-electron chi connectivity index (χ4n) is 2.50. The van der Waals surface area contributed by atoms with E-state index >= 15 is 0 Å². The van der Waals surface area contributed by atoms with Gasteiger partial charge in [0.25, 0.3) is 0 Å². The van der Waals surface area contributed by atoms with Crippen molar-refractivity contribution in [2.45, 2.75) is 39.7 Å². The van der Waals surface area contributed by atoms with Crippen molar-refractivity contribution in [1.82, 2.24) is 9.80 Å². The van der Waals surface area contributed by atoms with Gasteiger partial charge < -0.3 is 10.0 Å². The number of carbonyl (C=O) groups is 1. The summed E-state index contributed by atoms with van der Waals surface area (Å²) in [5.41, 5.74) is -0.282. The smallest absolute Gasteiger partial charge is 0.228 e. The zero-order chi connectivity index (χ0) is 13.3. The zero-order valence-electron chi connectivity index (χ0n) is 11.9. The van der Waals surface area contributed by atoms with Crippen LogP contribution in [0.15, 0.2) is 0 Å². The quantitative estimate of drug-likeness (QED) is 0.815. The van der Waals surface area contributed by atoms with Crippen molar-refractivity contribution >= 4 is 5.91 Å². The summed E-state index contributed by atoms with van der Waals surface area (Å²) in [4.78, 5) is 16.4. The van der Waals surface area contributed by atoms with Gasteiger partial charge in [-0.25, -0.2) is 0 Å². The summed E-state index contributed by atoms with van der Waals surface area (Å²) >= 11 is 0. The van der Waals surface area contributed by atoms with Crippen LogP contribution < -0.4 is 0 Å². The summed E-state index contributed by atoms with van der Waals surface area (Å²) in [7, 11) is 0. The Hall–Kier alpha value is -0.610. The summed E-state index contributed by atoms with van der Waals surface area (Å²) in [6.45, 7) is 10.1. The van der Waals surface area contributed by atoms with Crippen molar-refractivity contribution in [3.8, 4) is 0 Å². The predicted octanol–water partition coefficient (Wildman–Crippen LogP) is 0.948. The second kappa shape index (κ2) is 5.17. The van der Waals surface area contributed by atoms with Crippen molar-refractivity contribution in [3.63, 3.8) is 0 Å². The van der Waals surface area contributed by atoms with Crippen molar-refractivity contribution < 1.29 is 9.90 Å². The molecule has 1 amide bonds. The van der Waals surface area contributed by atoms with Gasteiger partial charge in [0, 0.05) is 38.1 Å². The number of hydrogen-bond donors (Lipinski definition) is 1. The highest BCUT2D eigenvalue weighted by Gasteiger charge is 2.33. The van der Waals surface area contributed by atoms with Crippen LogP contribution in [0.2, 0.25) is 0 Å². The second-order valence-corrected chi connectivity index (χ2v) is 6.75. The average molecular weight is 254 g/mol. The molecule has 1 saturated carbocycles. The highest BCUT2D eigenvalue weighted by molar-refractivity contribution is 5.81. The maximum atomic E-state index is 12.1. The van der Waals surface area contributed by atoms with Gasteiger partial charge in [-0.3, -0.25) is 9.69 Å². The van der Waals surface area contributed by atoms with Crippen LogP contribution >= 0.6 is 0 Å². The van der Waals surface area contributed by atoms with Crippen LogP contribution in [0.4, 0.5) is 0 Å². The minimum Gasteiger partial charge on any atom is -0.392 e. The molecule has 1 N–H and O–H groups in total. The van der Waals surface area contributed by atoms with E-state index in [1.165, 1.54) is 12.8 Å². The van der Waals surface area contributed by atoms with Crippen LogP contribution in [0.25, 0.3) is 0 Å². The fraction of sp³-hybridized carbons (Fsp3) is 0.929. The molecule has 4 nitrogen and oxygen atoms in total. The van der Waals surface area contributed by atoms with Crippen LogP contribution in [-0.4, -0.2) is 59.6 Å². The lowest BCUT2D eigenvalue weighted by atomic mass is 9.94. The van der Waals surface area contributed by atoms with Gasteiger partial charge in [0.1, 0.15) is 0 Å². The van der Waals surface area contributed by atoms with E-state index in [2.05, 4.69) is 4.90 Å². The minimum atomic E-state index is -0.282. The Morgan fingerprint density at radius 2 is 1.78 bits per heavy atom. The summed E-state index contributed by atoms with van der Waals surface area (Å²) in [5, 5.41) is 9.92. The number of nitrogens with zero attached hydrogens (tertiary/aromatic N) is 2. The number of aliphatic hydroxyl groups is 1. The number of amides is 1. The molecular formula is C14H26N2O2. The molecule has 1 atom stereocenters. The first-order valence-corrected chi connectivity index (χ1v) is 7.08. The molecule has 0 spiro atoms. The number of rotatable bonds is 3. The number of carbonyl (C=O) groups excluding carboxylic acids is 1. The SMILES string of the molecule is CC(C)(C)C(=O)N1CCN(CC(O)C2CC2)CC1. The molecule has 0 radical (unpaired) electrons. The van der Waals surface area contributed by atoms with Crippen LogP contribution in [-0.2, 0) is 4.79 Å². The molecule has 0 bridgehead atoms. The van der Waals surface area contributed by atoms with E-state index in [0.29, 0.717) is 5.92 Å². The first-order chi connectivity index (χ1) is 8.38. The van der Waals surface area contributed by atoms with E-state index in [0.717, 1.165) is 32.7 Å². The first kappa shape index (κ1) is 13.8. The van der Waals surface area contributed by atoms with Crippen LogP contribution in [0.1, 0.15) is 33.6 Å². The van der Waals surface area contributed by atoms with Gasteiger partial charge in [0.15, 0.2) is 0 Å². The Kier molecular flexibility index (Phi) is 3.97. The highest BCUT2D eigenvalue weighted by Crippen LogP contribution is 2.33. The molecule has 1 heterocycles. The van der Waals surface area contributed by atoms with E-state index in [1.54, 1.807) is 0 Å². The summed E-state index contributed by atoms with van der Waals surface area (Å²) < 4.78 is 0. The number of hydrogen-bond acceptors (Lipinski definition) is 3. The molecular weight excluding hydrogens is 228 g/mol. The molecule has 0 aromatic carbocycles. The number of aliphatic hydroxyl groups excluding tert-OH is 1. The summed E-state index contributed by atoms with van der Waals surface area (Å²) in [6, 6.07) is 0. The molecule has 1 saturated heterocycles. The van der Waals surface area contributed by atoms with E-state index in [1.807, 2.05) is 25.7 Å². The molecule has 18 heavy (non-hydrogen) atoms. The van der Waals surface area contributed by atoms with Gasteiger partial charge in [0.2, 0.25) is 5.91 Å². The molecule has 1 aliphatic heterocycles. The normalized spacial score (nSPS) is 24.1. The van der Waals surface area contributed by atoms with E-state index in [-0.39, 0.29) is 17.4 Å². The van der Waals surface area contributed by atoms with Crippen molar-refractivity contribution in [2.75, 3.05) is 32.7 Å². The lowest BCUT2D eigenvalue weighted by molar-refractivity contribution is -0.141.